The molecule has 7 nitrogen and oxygen atoms in total. The number of rotatable bonds is 7. The van der Waals surface area contributed by atoms with Crippen LogP contribution in [0, 0.1) is 0 Å². The van der Waals surface area contributed by atoms with Gasteiger partial charge in [0.25, 0.3) is 15.9 Å². The van der Waals surface area contributed by atoms with E-state index in [0.717, 1.165) is 4.31 Å². The van der Waals surface area contributed by atoms with Gasteiger partial charge < -0.3 is 10.1 Å². The lowest BCUT2D eigenvalue weighted by Crippen LogP contribution is -2.30. The topological polar surface area (TPSA) is 92.8 Å². The quantitative estimate of drug-likeness (QED) is 0.568. The molecular formula is C23H22N2O5S. The van der Waals surface area contributed by atoms with E-state index in [9.17, 15) is 18.0 Å². The van der Waals surface area contributed by atoms with E-state index in [-0.39, 0.29) is 10.5 Å². The van der Waals surface area contributed by atoms with Crippen LogP contribution >= 0.6 is 0 Å². The largest absolute Gasteiger partial charge is 0.449 e. The number of carbonyl (C=O) groups excluding carboxylic acids is 2. The van der Waals surface area contributed by atoms with Crippen LogP contribution in [-0.2, 0) is 19.6 Å². The fraction of sp³-hybridized carbons (Fsp3) is 0.130. The van der Waals surface area contributed by atoms with Gasteiger partial charge in [-0.05, 0) is 55.5 Å². The van der Waals surface area contributed by atoms with Crippen molar-refractivity contribution in [2.45, 2.75) is 17.9 Å². The normalized spacial score (nSPS) is 11.9. The highest BCUT2D eigenvalue weighted by molar-refractivity contribution is 7.92. The van der Waals surface area contributed by atoms with Gasteiger partial charge >= 0.3 is 5.97 Å². The standard InChI is InChI=1S/C23H22N2O5S/c1-17(22(26)24-19-9-5-3-6-10-19)30-23(27)18-13-15-21(16-14-18)31(28,29)25(2)20-11-7-4-8-12-20/h3-17H,1-2H3,(H,24,26). The molecule has 0 radical (unpaired) electrons. The van der Waals surface area contributed by atoms with Crippen molar-refractivity contribution in [3.63, 3.8) is 0 Å². The molecule has 8 heteroatoms. The number of benzene rings is 3. The maximum atomic E-state index is 12.8. The summed E-state index contributed by atoms with van der Waals surface area (Å²) in [5.41, 5.74) is 1.25. The average Bonchev–Trinajstić information content (AvgIpc) is 2.79. The van der Waals surface area contributed by atoms with E-state index in [1.165, 1.54) is 38.2 Å². The van der Waals surface area contributed by atoms with Crippen LogP contribution in [0.3, 0.4) is 0 Å². The molecule has 0 aliphatic heterocycles. The zero-order chi connectivity index (χ0) is 22.4. The van der Waals surface area contributed by atoms with Crippen LogP contribution < -0.4 is 9.62 Å². The van der Waals surface area contributed by atoms with E-state index in [1.54, 1.807) is 54.6 Å². The number of nitrogens with one attached hydrogen (secondary N) is 1. The minimum absolute atomic E-state index is 0.0327. The second-order valence-electron chi connectivity index (χ2n) is 6.74. The van der Waals surface area contributed by atoms with Crippen LogP contribution in [0.25, 0.3) is 0 Å². The number of amides is 1. The molecule has 1 amide bonds. The van der Waals surface area contributed by atoms with Gasteiger partial charge in [-0.1, -0.05) is 36.4 Å². The van der Waals surface area contributed by atoms with Crippen molar-refractivity contribution < 1.29 is 22.7 Å². The number of nitrogens with zero attached hydrogens (tertiary/aromatic N) is 1. The number of anilines is 2. The average molecular weight is 439 g/mol. The lowest BCUT2D eigenvalue weighted by Gasteiger charge is -2.19. The van der Waals surface area contributed by atoms with Crippen molar-refractivity contribution in [1.82, 2.24) is 0 Å². The number of ether oxygens (including phenoxy) is 1. The van der Waals surface area contributed by atoms with E-state index < -0.39 is 28.0 Å². The molecule has 1 atom stereocenters. The molecule has 31 heavy (non-hydrogen) atoms. The molecule has 0 saturated heterocycles. The van der Waals surface area contributed by atoms with Gasteiger partial charge in [-0.3, -0.25) is 9.10 Å². The van der Waals surface area contributed by atoms with E-state index in [1.807, 2.05) is 6.07 Å². The number of hydrogen-bond acceptors (Lipinski definition) is 5. The van der Waals surface area contributed by atoms with Crippen molar-refractivity contribution >= 4 is 33.3 Å². The molecule has 0 saturated carbocycles. The molecule has 0 spiro atoms. The lowest BCUT2D eigenvalue weighted by atomic mass is 10.2. The molecule has 3 rings (SSSR count). The van der Waals surface area contributed by atoms with E-state index in [2.05, 4.69) is 5.32 Å². The summed E-state index contributed by atoms with van der Waals surface area (Å²) >= 11 is 0. The summed E-state index contributed by atoms with van der Waals surface area (Å²) in [6.07, 6.45) is -1.03. The minimum atomic E-state index is -3.79. The number of sulfonamides is 1. The minimum Gasteiger partial charge on any atom is -0.449 e. The van der Waals surface area contributed by atoms with Crippen molar-refractivity contribution in [2.24, 2.45) is 0 Å². The molecule has 0 aliphatic rings. The zero-order valence-electron chi connectivity index (χ0n) is 17.1. The summed E-state index contributed by atoms with van der Waals surface area (Å²) in [7, 11) is -2.33. The number of para-hydroxylation sites is 2. The first kappa shape index (κ1) is 22.0. The van der Waals surface area contributed by atoms with Crippen molar-refractivity contribution in [2.75, 3.05) is 16.7 Å². The first-order chi connectivity index (χ1) is 14.8. The van der Waals surface area contributed by atoms with Crippen LogP contribution in [0.2, 0.25) is 0 Å². The highest BCUT2D eigenvalue weighted by atomic mass is 32.2. The Morgan fingerprint density at radius 1 is 0.871 bits per heavy atom. The highest BCUT2D eigenvalue weighted by Gasteiger charge is 2.23. The van der Waals surface area contributed by atoms with Crippen LogP contribution in [0.4, 0.5) is 11.4 Å². The van der Waals surface area contributed by atoms with Gasteiger partial charge in [-0.2, -0.15) is 0 Å². The molecule has 0 heterocycles. The molecule has 160 valence electrons. The Morgan fingerprint density at radius 2 is 1.42 bits per heavy atom. The van der Waals surface area contributed by atoms with Crippen LogP contribution in [0.1, 0.15) is 17.3 Å². The Bertz CT molecular complexity index is 1150. The first-order valence-electron chi connectivity index (χ1n) is 9.50. The van der Waals surface area contributed by atoms with Crippen molar-refractivity contribution in [3.05, 3.63) is 90.5 Å². The third-order valence-electron chi connectivity index (χ3n) is 4.56. The molecule has 0 bridgehead atoms. The van der Waals surface area contributed by atoms with Crippen molar-refractivity contribution in [3.8, 4) is 0 Å². The number of esters is 1. The van der Waals surface area contributed by atoms with E-state index in [0.29, 0.717) is 11.4 Å². The zero-order valence-corrected chi connectivity index (χ0v) is 17.9. The smallest absolute Gasteiger partial charge is 0.338 e. The van der Waals surface area contributed by atoms with Gasteiger partial charge in [0.05, 0.1) is 16.1 Å². The molecule has 0 fully saturated rings. The van der Waals surface area contributed by atoms with Crippen LogP contribution in [-0.4, -0.2) is 33.4 Å². The van der Waals surface area contributed by atoms with E-state index in [4.69, 9.17) is 4.74 Å². The Kier molecular flexibility index (Phi) is 6.71. The lowest BCUT2D eigenvalue weighted by molar-refractivity contribution is -0.123. The highest BCUT2D eigenvalue weighted by Crippen LogP contribution is 2.22. The Hall–Kier alpha value is -3.65. The van der Waals surface area contributed by atoms with Crippen LogP contribution in [0.15, 0.2) is 89.8 Å². The molecule has 1 N–H and O–H groups in total. The fourth-order valence-corrected chi connectivity index (χ4v) is 3.94. The second kappa shape index (κ2) is 9.44. The molecule has 0 aromatic heterocycles. The van der Waals surface area contributed by atoms with Crippen molar-refractivity contribution in [1.29, 1.82) is 0 Å². The third-order valence-corrected chi connectivity index (χ3v) is 6.36. The third kappa shape index (κ3) is 5.29. The molecule has 3 aromatic carbocycles. The number of carbonyl (C=O) groups is 2. The molecule has 3 aromatic rings. The summed E-state index contributed by atoms with van der Waals surface area (Å²) in [5.74, 6) is -1.20. The van der Waals surface area contributed by atoms with Gasteiger partial charge in [0.1, 0.15) is 0 Å². The monoisotopic (exact) mass is 438 g/mol. The maximum absolute atomic E-state index is 12.8. The Balaban J connectivity index is 1.66. The van der Waals surface area contributed by atoms with Gasteiger partial charge in [-0.15, -0.1) is 0 Å². The van der Waals surface area contributed by atoms with Crippen LogP contribution in [0.5, 0.6) is 0 Å². The summed E-state index contributed by atoms with van der Waals surface area (Å²) in [4.78, 5) is 24.6. The summed E-state index contributed by atoms with van der Waals surface area (Å²) in [6.45, 7) is 1.46. The summed E-state index contributed by atoms with van der Waals surface area (Å²) in [6, 6.07) is 22.9. The molecule has 1 unspecified atom stereocenters. The second-order valence-corrected chi connectivity index (χ2v) is 8.70. The predicted molar refractivity (Wildman–Crippen MR) is 118 cm³/mol. The Labute approximate surface area is 181 Å². The van der Waals surface area contributed by atoms with Gasteiger partial charge in [0, 0.05) is 12.7 Å². The SMILES string of the molecule is CC(OC(=O)c1ccc(S(=O)(=O)N(C)c2ccccc2)cc1)C(=O)Nc1ccccc1. The molecule has 0 aliphatic carbocycles. The maximum Gasteiger partial charge on any atom is 0.338 e. The van der Waals surface area contributed by atoms with Gasteiger partial charge in [0.15, 0.2) is 6.10 Å². The Morgan fingerprint density at radius 3 is 2.00 bits per heavy atom. The first-order valence-corrected chi connectivity index (χ1v) is 10.9. The molecular weight excluding hydrogens is 416 g/mol. The fourth-order valence-electron chi connectivity index (χ4n) is 2.75. The number of hydrogen-bond donors (Lipinski definition) is 1. The van der Waals surface area contributed by atoms with E-state index >= 15 is 0 Å². The summed E-state index contributed by atoms with van der Waals surface area (Å²) in [5, 5.41) is 2.65. The van der Waals surface area contributed by atoms with Gasteiger partial charge in [-0.25, -0.2) is 13.2 Å². The predicted octanol–water partition coefficient (Wildman–Crippen LogP) is 3.70. The van der Waals surface area contributed by atoms with Gasteiger partial charge in [0.2, 0.25) is 0 Å². The summed E-state index contributed by atoms with van der Waals surface area (Å²) < 4.78 is 32.0.